The van der Waals surface area contributed by atoms with Crippen LogP contribution in [0.5, 0.6) is 5.75 Å². The summed E-state index contributed by atoms with van der Waals surface area (Å²) in [5.41, 5.74) is 7.30. The number of ketones is 1. The fourth-order valence-corrected chi connectivity index (χ4v) is 3.23. The molecule has 0 unspecified atom stereocenters. The Morgan fingerprint density at radius 1 is 1.36 bits per heavy atom. The molecule has 1 amide bonds. The van der Waals surface area contributed by atoms with Gasteiger partial charge < -0.3 is 15.0 Å². The summed E-state index contributed by atoms with van der Waals surface area (Å²) < 4.78 is 8.12. The summed E-state index contributed by atoms with van der Waals surface area (Å²) in [6, 6.07) is 3.46. The summed E-state index contributed by atoms with van der Waals surface area (Å²) >= 11 is 0. The number of Topliss-reactive ketones (excluding diaryl/α,β-unsaturated/α-hetero) is 1. The zero-order valence-electron chi connectivity index (χ0n) is 14.6. The molecule has 3 rings (SSSR count). The van der Waals surface area contributed by atoms with Crippen LogP contribution in [0.25, 0.3) is 0 Å². The minimum atomic E-state index is -0.549. The predicted molar refractivity (Wildman–Crippen MR) is 93.7 cm³/mol. The van der Waals surface area contributed by atoms with E-state index in [1.54, 1.807) is 24.7 Å². The summed E-state index contributed by atoms with van der Waals surface area (Å²) in [4.78, 5) is 28.2. The van der Waals surface area contributed by atoms with Crippen molar-refractivity contribution in [2.75, 3.05) is 0 Å². The molecule has 1 atom stereocenters. The van der Waals surface area contributed by atoms with Gasteiger partial charge in [0.25, 0.3) is 5.91 Å². The highest BCUT2D eigenvalue weighted by molar-refractivity contribution is 6.05. The van der Waals surface area contributed by atoms with Crippen LogP contribution in [0, 0.1) is 5.92 Å². The Labute approximate surface area is 147 Å². The maximum atomic E-state index is 12.1. The molecule has 6 heteroatoms. The molecule has 132 valence electrons. The topological polar surface area (TPSA) is 87.2 Å². The quantitative estimate of drug-likeness (QED) is 0.875. The van der Waals surface area contributed by atoms with Crippen LogP contribution < -0.4 is 10.5 Å². The summed E-state index contributed by atoms with van der Waals surface area (Å²) in [7, 11) is 0. The van der Waals surface area contributed by atoms with Crippen molar-refractivity contribution in [2.24, 2.45) is 11.7 Å². The van der Waals surface area contributed by atoms with E-state index in [0.717, 1.165) is 12.0 Å². The van der Waals surface area contributed by atoms with Crippen LogP contribution >= 0.6 is 0 Å². The lowest BCUT2D eigenvalue weighted by molar-refractivity contribution is 0.0968. The lowest BCUT2D eigenvalue weighted by atomic mass is 9.86. The molecule has 1 aliphatic carbocycles. The van der Waals surface area contributed by atoms with E-state index in [2.05, 4.69) is 18.8 Å². The minimum Gasteiger partial charge on any atom is -0.487 e. The standard InChI is InChI=1S/C19H23N3O3/c1-12(2)17(10-22-9-8-21-11-22)25-16-7-6-13-14(18(16)19(20)24)4-3-5-15(13)23/h6-9,11-12,17H,3-5,10H2,1-2H3,(H2,20,24)/t17-/m1/s1. The largest absolute Gasteiger partial charge is 0.487 e. The molecule has 0 radical (unpaired) electrons. The molecule has 25 heavy (non-hydrogen) atoms. The van der Waals surface area contributed by atoms with Crippen LogP contribution in [0.4, 0.5) is 0 Å². The van der Waals surface area contributed by atoms with E-state index in [4.69, 9.17) is 10.5 Å². The van der Waals surface area contributed by atoms with Crippen molar-refractivity contribution >= 4 is 11.7 Å². The van der Waals surface area contributed by atoms with Gasteiger partial charge in [-0.3, -0.25) is 9.59 Å². The molecule has 0 spiro atoms. The van der Waals surface area contributed by atoms with Gasteiger partial charge in [-0.05, 0) is 36.5 Å². The zero-order valence-corrected chi connectivity index (χ0v) is 14.6. The molecule has 2 N–H and O–H groups in total. The normalized spacial score (nSPS) is 15.1. The van der Waals surface area contributed by atoms with Crippen molar-refractivity contribution in [3.05, 3.63) is 47.5 Å². The number of nitrogens with zero attached hydrogens (tertiary/aromatic N) is 2. The maximum Gasteiger partial charge on any atom is 0.252 e. The van der Waals surface area contributed by atoms with E-state index < -0.39 is 5.91 Å². The van der Waals surface area contributed by atoms with Crippen molar-refractivity contribution in [1.29, 1.82) is 0 Å². The van der Waals surface area contributed by atoms with Gasteiger partial charge in [-0.15, -0.1) is 0 Å². The number of imidazole rings is 1. The summed E-state index contributed by atoms with van der Waals surface area (Å²) in [6.07, 6.45) is 7.10. The van der Waals surface area contributed by atoms with Crippen molar-refractivity contribution in [3.63, 3.8) is 0 Å². The number of carbonyl (C=O) groups is 2. The van der Waals surface area contributed by atoms with Gasteiger partial charge in [-0.1, -0.05) is 13.8 Å². The second kappa shape index (κ2) is 7.09. The third-order valence-corrected chi connectivity index (χ3v) is 4.62. The van der Waals surface area contributed by atoms with Gasteiger partial charge in [0.2, 0.25) is 0 Å². The van der Waals surface area contributed by atoms with Crippen LogP contribution in [0.3, 0.4) is 0 Å². The van der Waals surface area contributed by atoms with Gasteiger partial charge in [0.05, 0.1) is 18.4 Å². The number of nitrogens with two attached hydrogens (primary N) is 1. The van der Waals surface area contributed by atoms with E-state index in [0.29, 0.717) is 36.3 Å². The first-order valence-electron chi connectivity index (χ1n) is 8.58. The lowest BCUT2D eigenvalue weighted by Gasteiger charge is -2.26. The molecular weight excluding hydrogens is 318 g/mol. The number of rotatable bonds is 6. The van der Waals surface area contributed by atoms with Crippen LogP contribution in [0.15, 0.2) is 30.9 Å². The number of hydrogen-bond acceptors (Lipinski definition) is 4. The highest BCUT2D eigenvalue weighted by atomic mass is 16.5. The Morgan fingerprint density at radius 3 is 2.80 bits per heavy atom. The summed E-state index contributed by atoms with van der Waals surface area (Å²) in [5, 5.41) is 0. The van der Waals surface area contributed by atoms with Gasteiger partial charge in [0.1, 0.15) is 11.9 Å². The third kappa shape index (κ3) is 3.57. The molecule has 0 saturated carbocycles. The monoisotopic (exact) mass is 341 g/mol. The molecule has 6 nitrogen and oxygen atoms in total. The summed E-state index contributed by atoms with van der Waals surface area (Å²) in [6.45, 7) is 4.74. The van der Waals surface area contributed by atoms with Crippen LogP contribution in [0.1, 0.15) is 53.0 Å². The second-order valence-electron chi connectivity index (χ2n) is 6.77. The molecule has 1 heterocycles. The number of ether oxygens (including phenoxy) is 1. The highest BCUT2D eigenvalue weighted by Crippen LogP contribution is 2.32. The number of benzene rings is 1. The molecule has 0 bridgehead atoms. The highest BCUT2D eigenvalue weighted by Gasteiger charge is 2.27. The number of carbonyl (C=O) groups excluding carboxylic acids is 2. The lowest BCUT2D eigenvalue weighted by Crippen LogP contribution is -2.30. The van der Waals surface area contributed by atoms with Crippen LogP contribution in [-0.4, -0.2) is 27.3 Å². The van der Waals surface area contributed by atoms with Crippen LogP contribution in [-0.2, 0) is 13.0 Å². The first-order valence-corrected chi connectivity index (χ1v) is 8.58. The number of amides is 1. The Balaban J connectivity index is 1.95. The van der Waals surface area contributed by atoms with Crippen molar-refractivity contribution in [1.82, 2.24) is 9.55 Å². The van der Waals surface area contributed by atoms with E-state index >= 15 is 0 Å². The molecule has 0 aliphatic heterocycles. The minimum absolute atomic E-state index is 0.0640. The smallest absolute Gasteiger partial charge is 0.252 e. The van der Waals surface area contributed by atoms with Gasteiger partial charge in [0, 0.05) is 24.4 Å². The molecule has 2 aromatic rings. The van der Waals surface area contributed by atoms with Crippen molar-refractivity contribution < 1.29 is 14.3 Å². The molecule has 0 fully saturated rings. The molecule has 1 aliphatic rings. The van der Waals surface area contributed by atoms with E-state index in [1.165, 1.54) is 0 Å². The van der Waals surface area contributed by atoms with E-state index in [9.17, 15) is 9.59 Å². The molecule has 1 aromatic carbocycles. The van der Waals surface area contributed by atoms with E-state index in [-0.39, 0.29) is 17.8 Å². The average Bonchev–Trinajstić information content (AvgIpc) is 3.07. The molecule has 0 saturated heterocycles. The zero-order chi connectivity index (χ0) is 18.0. The van der Waals surface area contributed by atoms with Gasteiger partial charge in [0.15, 0.2) is 5.78 Å². The van der Waals surface area contributed by atoms with Gasteiger partial charge >= 0.3 is 0 Å². The number of fused-ring (bicyclic) bond motifs is 1. The Morgan fingerprint density at radius 2 is 2.16 bits per heavy atom. The number of hydrogen-bond donors (Lipinski definition) is 1. The van der Waals surface area contributed by atoms with E-state index in [1.807, 2.05) is 10.8 Å². The summed E-state index contributed by atoms with van der Waals surface area (Å²) in [5.74, 6) is 0.196. The molecule has 1 aromatic heterocycles. The number of aromatic nitrogens is 2. The third-order valence-electron chi connectivity index (χ3n) is 4.62. The van der Waals surface area contributed by atoms with Crippen LogP contribution in [0.2, 0.25) is 0 Å². The maximum absolute atomic E-state index is 12.1. The van der Waals surface area contributed by atoms with Gasteiger partial charge in [-0.2, -0.15) is 0 Å². The SMILES string of the molecule is CC(C)[C@@H](Cn1ccnc1)Oc1ccc2c(c1C(N)=O)CCCC2=O. The Hall–Kier alpha value is -2.63. The second-order valence-corrected chi connectivity index (χ2v) is 6.77. The first-order chi connectivity index (χ1) is 12.0. The molecular formula is C19H23N3O3. The fraction of sp³-hybridized carbons (Fsp3) is 0.421. The van der Waals surface area contributed by atoms with Crippen molar-refractivity contribution in [2.45, 2.75) is 45.8 Å². The Kier molecular flexibility index (Phi) is 4.88. The fourth-order valence-electron chi connectivity index (χ4n) is 3.23. The first kappa shape index (κ1) is 17.2. The Bertz CT molecular complexity index is 781. The number of primary amides is 1. The average molecular weight is 341 g/mol. The van der Waals surface area contributed by atoms with Crippen molar-refractivity contribution in [3.8, 4) is 5.75 Å². The predicted octanol–water partition coefficient (Wildman–Crippen LogP) is 2.60. The van der Waals surface area contributed by atoms with Gasteiger partial charge in [-0.25, -0.2) is 4.98 Å².